The molecule has 0 bridgehead atoms. The first kappa shape index (κ1) is 11.7. The van der Waals surface area contributed by atoms with Gasteiger partial charge in [0.2, 0.25) is 5.90 Å². The van der Waals surface area contributed by atoms with Crippen molar-refractivity contribution in [1.29, 1.82) is 0 Å². The van der Waals surface area contributed by atoms with Crippen LogP contribution in [0.1, 0.15) is 17.2 Å². The highest BCUT2D eigenvalue weighted by Gasteiger charge is 2.24. The first-order valence-electron chi connectivity index (χ1n) is 5.99. The Morgan fingerprint density at radius 1 is 1.11 bits per heavy atom. The number of hydrogen-bond donors (Lipinski definition) is 1. The average molecular weight is 257 g/mol. The minimum Gasteiger partial charge on any atom is -0.505 e. The maximum atomic E-state index is 13.8. The van der Waals surface area contributed by atoms with Crippen LogP contribution < -0.4 is 0 Å². The number of phenols is 1. The van der Waals surface area contributed by atoms with Crippen molar-refractivity contribution < 1.29 is 14.2 Å². The van der Waals surface area contributed by atoms with Crippen molar-refractivity contribution in [3.63, 3.8) is 0 Å². The Labute approximate surface area is 110 Å². The highest BCUT2D eigenvalue weighted by atomic mass is 19.1. The van der Waals surface area contributed by atoms with Crippen LogP contribution >= 0.6 is 0 Å². The van der Waals surface area contributed by atoms with Gasteiger partial charge in [-0.2, -0.15) is 0 Å². The summed E-state index contributed by atoms with van der Waals surface area (Å²) in [6.07, 6.45) is 0. The molecule has 1 heterocycles. The zero-order chi connectivity index (χ0) is 13.2. The molecule has 0 radical (unpaired) electrons. The van der Waals surface area contributed by atoms with E-state index in [0.717, 1.165) is 5.56 Å². The second-order valence-electron chi connectivity index (χ2n) is 4.31. The van der Waals surface area contributed by atoms with Gasteiger partial charge >= 0.3 is 0 Å². The lowest BCUT2D eigenvalue weighted by molar-refractivity contribution is 0.318. The Bertz CT molecular complexity index is 625. The molecule has 1 atom stereocenters. The summed E-state index contributed by atoms with van der Waals surface area (Å²) in [5.74, 6) is -0.857. The highest BCUT2D eigenvalue weighted by Crippen LogP contribution is 2.27. The lowest BCUT2D eigenvalue weighted by Gasteiger charge is -2.04. The summed E-state index contributed by atoms with van der Waals surface area (Å²) in [5.41, 5.74) is 1.22. The van der Waals surface area contributed by atoms with Crippen LogP contribution in [0.3, 0.4) is 0 Å². The van der Waals surface area contributed by atoms with Gasteiger partial charge in [0.05, 0.1) is 5.56 Å². The van der Waals surface area contributed by atoms with Crippen molar-refractivity contribution in [1.82, 2.24) is 0 Å². The molecule has 96 valence electrons. The summed E-state index contributed by atoms with van der Waals surface area (Å²) < 4.78 is 19.2. The van der Waals surface area contributed by atoms with Gasteiger partial charge in [0.15, 0.2) is 11.6 Å². The third kappa shape index (κ3) is 2.17. The highest BCUT2D eigenvalue weighted by molar-refractivity contribution is 5.95. The summed E-state index contributed by atoms with van der Waals surface area (Å²) in [6, 6.07) is 14.0. The van der Waals surface area contributed by atoms with Crippen LogP contribution in [0.4, 0.5) is 4.39 Å². The Hall–Kier alpha value is -2.36. The molecule has 0 aliphatic carbocycles. The fraction of sp³-hybridized carbons (Fsp3) is 0.133. The van der Waals surface area contributed by atoms with Crippen LogP contribution in [0.5, 0.6) is 5.75 Å². The van der Waals surface area contributed by atoms with Crippen molar-refractivity contribution in [3.05, 3.63) is 65.5 Å². The van der Waals surface area contributed by atoms with Crippen molar-refractivity contribution in [2.45, 2.75) is 6.04 Å². The van der Waals surface area contributed by atoms with Crippen molar-refractivity contribution >= 4 is 5.90 Å². The SMILES string of the molecule is Oc1cccc(C2=N[C@@H](c3ccccc3)CO2)c1F. The maximum Gasteiger partial charge on any atom is 0.220 e. The van der Waals surface area contributed by atoms with Gasteiger partial charge in [-0.3, -0.25) is 0 Å². The van der Waals surface area contributed by atoms with E-state index in [9.17, 15) is 9.50 Å². The van der Waals surface area contributed by atoms with Gasteiger partial charge in [0.25, 0.3) is 0 Å². The van der Waals surface area contributed by atoms with Gasteiger partial charge < -0.3 is 9.84 Å². The number of hydrogen-bond acceptors (Lipinski definition) is 3. The molecule has 0 saturated heterocycles. The molecule has 4 heteroatoms. The zero-order valence-electron chi connectivity index (χ0n) is 10.1. The lowest BCUT2D eigenvalue weighted by atomic mass is 10.1. The molecule has 1 aliphatic heterocycles. The van der Waals surface area contributed by atoms with Gasteiger partial charge in [-0.1, -0.05) is 36.4 Å². The molecule has 3 nitrogen and oxygen atoms in total. The second-order valence-corrected chi connectivity index (χ2v) is 4.31. The third-order valence-corrected chi connectivity index (χ3v) is 3.04. The number of halogens is 1. The first-order chi connectivity index (χ1) is 9.25. The minimum atomic E-state index is -0.699. The van der Waals surface area contributed by atoms with E-state index >= 15 is 0 Å². The minimum absolute atomic E-state index is 0.127. The quantitative estimate of drug-likeness (QED) is 0.898. The lowest BCUT2D eigenvalue weighted by Crippen LogP contribution is -2.04. The van der Waals surface area contributed by atoms with E-state index in [-0.39, 0.29) is 17.5 Å². The van der Waals surface area contributed by atoms with E-state index < -0.39 is 11.6 Å². The predicted octanol–water partition coefficient (Wildman–Crippen LogP) is 3.05. The number of phenolic OH excluding ortho intramolecular Hbond substituents is 1. The Kier molecular flexibility index (Phi) is 2.91. The van der Waals surface area contributed by atoms with E-state index in [4.69, 9.17) is 4.74 Å². The third-order valence-electron chi connectivity index (χ3n) is 3.04. The molecule has 2 aromatic carbocycles. The summed E-state index contributed by atoms with van der Waals surface area (Å²) >= 11 is 0. The largest absolute Gasteiger partial charge is 0.505 e. The summed E-state index contributed by atoms with van der Waals surface area (Å²) in [4.78, 5) is 4.37. The van der Waals surface area contributed by atoms with Crippen LogP contribution in [0, 0.1) is 5.82 Å². The summed E-state index contributed by atoms with van der Waals surface area (Å²) in [5, 5.41) is 9.36. The zero-order valence-corrected chi connectivity index (χ0v) is 10.1. The molecule has 0 fully saturated rings. The van der Waals surface area contributed by atoms with Crippen LogP contribution in [-0.2, 0) is 4.74 Å². The molecule has 3 rings (SSSR count). The molecule has 0 saturated carbocycles. The molecule has 0 spiro atoms. The average Bonchev–Trinajstić information content (AvgIpc) is 2.92. The van der Waals surface area contributed by atoms with Crippen molar-refractivity contribution in [2.75, 3.05) is 6.61 Å². The van der Waals surface area contributed by atoms with E-state index in [0.29, 0.717) is 6.61 Å². The number of aliphatic imine (C=N–C) groups is 1. The number of aromatic hydroxyl groups is 1. The molecule has 19 heavy (non-hydrogen) atoms. The Morgan fingerprint density at radius 3 is 2.68 bits per heavy atom. The van der Waals surface area contributed by atoms with Crippen molar-refractivity contribution in [3.8, 4) is 5.75 Å². The van der Waals surface area contributed by atoms with Crippen LogP contribution in [0.2, 0.25) is 0 Å². The summed E-state index contributed by atoms with van der Waals surface area (Å²) in [7, 11) is 0. The first-order valence-corrected chi connectivity index (χ1v) is 5.99. The van der Waals surface area contributed by atoms with E-state index in [1.807, 2.05) is 30.3 Å². The Balaban J connectivity index is 1.94. The fourth-order valence-electron chi connectivity index (χ4n) is 2.05. The number of ether oxygens (including phenoxy) is 1. The molecule has 1 aliphatic rings. The molecule has 0 unspecified atom stereocenters. The van der Waals surface area contributed by atoms with Gasteiger partial charge in [-0.15, -0.1) is 0 Å². The number of nitrogens with zero attached hydrogens (tertiary/aromatic N) is 1. The predicted molar refractivity (Wildman–Crippen MR) is 69.7 cm³/mol. The van der Waals surface area contributed by atoms with E-state index in [2.05, 4.69) is 4.99 Å². The standard InChI is InChI=1S/C15H12FNO2/c16-14-11(7-4-8-13(14)18)15-17-12(9-19-15)10-5-2-1-3-6-10/h1-8,12,18H,9H2/t12-/m1/s1. The van der Waals surface area contributed by atoms with Gasteiger partial charge in [0, 0.05) is 0 Å². The second kappa shape index (κ2) is 4.72. The Morgan fingerprint density at radius 2 is 1.89 bits per heavy atom. The molecule has 2 aromatic rings. The monoisotopic (exact) mass is 257 g/mol. The molecule has 1 N–H and O–H groups in total. The topological polar surface area (TPSA) is 41.8 Å². The molecule has 0 amide bonds. The normalized spacial score (nSPS) is 17.9. The molecular weight excluding hydrogens is 245 g/mol. The van der Waals surface area contributed by atoms with Crippen LogP contribution in [0.15, 0.2) is 53.5 Å². The van der Waals surface area contributed by atoms with Gasteiger partial charge in [-0.25, -0.2) is 9.38 Å². The maximum absolute atomic E-state index is 13.8. The van der Waals surface area contributed by atoms with Crippen LogP contribution in [-0.4, -0.2) is 17.6 Å². The number of rotatable bonds is 2. The fourth-order valence-corrected chi connectivity index (χ4v) is 2.05. The van der Waals surface area contributed by atoms with E-state index in [1.165, 1.54) is 6.07 Å². The summed E-state index contributed by atoms with van der Waals surface area (Å²) in [6.45, 7) is 0.383. The van der Waals surface area contributed by atoms with E-state index in [1.54, 1.807) is 12.1 Å². The van der Waals surface area contributed by atoms with Gasteiger partial charge in [-0.05, 0) is 17.7 Å². The van der Waals surface area contributed by atoms with Crippen LogP contribution in [0.25, 0.3) is 0 Å². The smallest absolute Gasteiger partial charge is 0.220 e. The number of benzene rings is 2. The molecule has 0 aromatic heterocycles. The molecular formula is C15H12FNO2. The van der Waals surface area contributed by atoms with Gasteiger partial charge in [0.1, 0.15) is 12.6 Å². The van der Waals surface area contributed by atoms with Crippen molar-refractivity contribution in [2.24, 2.45) is 4.99 Å².